The monoisotopic (exact) mass is 240 g/mol. The predicted molar refractivity (Wildman–Crippen MR) is 71.1 cm³/mol. The average Bonchev–Trinajstić information content (AvgIpc) is 2.20. The lowest BCUT2D eigenvalue weighted by Crippen LogP contribution is -2.41. The van der Waals surface area contributed by atoms with Gasteiger partial charge in [-0.05, 0) is 46.0 Å². The minimum Gasteiger partial charge on any atom is -0.372 e. The van der Waals surface area contributed by atoms with Crippen LogP contribution in [0.3, 0.4) is 0 Å². The first-order valence-corrected chi connectivity index (χ1v) is 7.12. The summed E-state index contributed by atoms with van der Waals surface area (Å²) < 4.78 is 6.11. The topological polar surface area (TPSA) is 26.3 Å². The number of carbonyl (C=O) groups is 1. The smallest absolute Gasteiger partial charge is 0.132 e. The normalized spacial score (nSPS) is 28.0. The molecule has 0 aromatic rings. The zero-order valence-electron chi connectivity index (χ0n) is 11.9. The van der Waals surface area contributed by atoms with Crippen LogP contribution in [0.1, 0.15) is 72.6 Å². The second kappa shape index (κ2) is 6.53. The molecule has 0 aliphatic carbocycles. The van der Waals surface area contributed by atoms with E-state index in [2.05, 4.69) is 20.8 Å². The number of carbonyl (C=O) groups excluding carboxylic acids is 1. The zero-order valence-corrected chi connectivity index (χ0v) is 11.9. The lowest BCUT2D eigenvalue weighted by atomic mass is 9.82. The number of hydrogen-bond acceptors (Lipinski definition) is 2. The molecule has 1 fully saturated rings. The molecule has 0 bridgehead atoms. The van der Waals surface area contributed by atoms with Gasteiger partial charge in [-0.2, -0.15) is 0 Å². The maximum atomic E-state index is 11.3. The van der Waals surface area contributed by atoms with Gasteiger partial charge in [0.05, 0.1) is 11.7 Å². The van der Waals surface area contributed by atoms with Crippen molar-refractivity contribution in [3.05, 3.63) is 0 Å². The molecule has 0 aromatic heterocycles. The minimum absolute atomic E-state index is 0.0403. The van der Waals surface area contributed by atoms with Gasteiger partial charge in [-0.15, -0.1) is 0 Å². The Kier molecular flexibility index (Phi) is 5.64. The molecule has 2 heteroatoms. The molecular formula is C15H28O2. The first-order chi connectivity index (χ1) is 7.94. The van der Waals surface area contributed by atoms with E-state index in [1.54, 1.807) is 6.92 Å². The molecule has 1 heterocycles. The second-order valence-electron chi connectivity index (χ2n) is 6.12. The summed E-state index contributed by atoms with van der Waals surface area (Å²) in [4.78, 5) is 11.3. The van der Waals surface area contributed by atoms with E-state index in [1.807, 2.05) is 0 Å². The van der Waals surface area contributed by atoms with Crippen LogP contribution < -0.4 is 0 Å². The maximum absolute atomic E-state index is 11.3. The van der Waals surface area contributed by atoms with Gasteiger partial charge in [-0.3, -0.25) is 4.79 Å². The summed E-state index contributed by atoms with van der Waals surface area (Å²) in [6, 6.07) is 0. The van der Waals surface area contributed by atoms with E-state index in [-0.39, 0.29) is 17.5 Å². The van der Waals surface area contributed by atoms with E-state index in [9.17, 15) is 4.79 Å². The van der Waals surface area contributed by atoms with Gasteiger partial charge in [0, 0.05) is 6.42 Å². The van der Waals surface area contributed by atoms with E-state index in [0.717, 1.165) is 6.42 Å². The van der Waals surface area contributed by atoms with Crippen molar-refractivity contribution in [3.8, 4) is 0 Å². The van der Waals surface area contributed by atoms with Crippen LogP contribution in [-0.2, 0) is 9.53 Å². The average molecular weight is 240 g/mol. The zero-order chi connectivity index (χ0) is 12.9. The Balaban J connectivity index is 2.51. The quantitative estimate of drug-likeness (QED) is 0.653. The van der Waals surface area contributed by atoms with Gasteiger partial charge in [0.25, 0.3) is 0 Å². The van der Waals surface area contributed by atoms with Crippen molar-refractivity contribution < 1.29 is 9.53 Å². The van der Waals surface area contributed by atoms with Crippen LogP contribution in [0.4, 0.5) is 0 Å². The summed E-state index contributed by atoms with van der Waals surface area (Å²) in [5.74, 6) is 0.853. The fourth-order valence-electron chi connectivity index (χ4n) is 2.76. The molecule has 1 rings (SSSR count). The van der Waals surface area contributed by atoms with Gasteiger partial charge in [0.2, 0.25) is 0 Å². The fourth-order valence-corrected chi connectivity index (χ4v) is 2.76. The highest BCUT2D eigenvalue weighted by Gasteiger charge is 2.35. The third-order valence-electron chi connectivity index (χ3n) is 3.78. The molecule has 17 heavy (non-hydrogen) atoms. The number of rotatable bonds is 6. The highest BCUT2D eigenvalue weighted by atomic mass is 16.5. The van der Waals surface area contributed by atoms with Crippen molar-refractivity contribution in [3.63, 3.8) is 0 Å². The van der Waals surface area contributed by atoms with E-state index in [4.69, 9.17) is 4.74 Å². The largest absolute Gasteiger partial charge is 0.372 e. The van der Waals surface area contributed by atoms with Crippen molar-refractivity contribution in [1.29, 1.82) is 0 Å². The highest BCUT2D eigenvalue weighted by Crippen LogP contribution is 2.36. The summed E-state index contributed by atoms with van der Waals surface area (Å²) in [7, 11) is 0. The van der Waals surface area contributed by atoms with Crippen molar-refractivity contribution in [1.82, 2.24) is 0 Å². The Morgan fingerprint density at radius 1 is 1.35 bits per heavy atom. The first kappa shape index (κ1) is 14.7. The van der Waals surface area contributed by atoms with Crippen molar-refractivity contribution in [2.24, 2.45) is 5.92 Å². The van der Waals surface area contributed by atoms with Gasteiger partial charge in [0.1, 0.15) is 5.78 Å². The molecule has 0 N–H and O–H groups in total. The third-order valence-corrected chi connectivity index (χ3v) is 3.78. The van der Waals surface area contributed by atoms with Gasteiger partial charge >= 0.3 is 0 Å². The third kappa shape index (κ3) is 5.20. The standard InChI is InChI=1S/C15H28O2/c1-5-6-7-8-13-9-10-15(3,4)17-14(13)11-12(2)16/h13-14H,5-11H2,1-4H3. The maximum Gasteiger partial charge on any atom is 0.132 e. The summed E-state index contributed by atoms with van der Waals surface area (Å²) in [6.07, 6.45) is 8.16. The van der Waals surface area contributed by atoms with Crippen LogP contribution in [0.15, 0.2) is 0 Å². The first-order valence-electron chi connectivity index (χ1n) is 7.12. The fraction of sp³-hybridized carbons (Fsp3) is 0.933. The Labute approximate surface area is 106 Å². The summed E-state index contributed by atoms with van der Waals surface area (Å²) in [5.41, 5.74) is -0.0403. The molecule has 1 aliphatic rings. The Hall–Kier alpha value is -0.370. The van der Waals surface area contributed by atoms with Crippen LogP contribution in [-0.4, -0.2) is 17.5 Å². The van der Waals surface area contributed by atoms with Gasteiger partial charge < -0.3 is 4.74 Å². The number of ketones is 1. The number of unbranched alkanes of at least 4 members (excludes halogenated alkanes) is 2. The summed E-state index contributed by atoms with van der Waals surface area (Å²) >= 11 is 0. The molecule has 2 atom stereocenters. The van der Waals surface area contributed by atoms with Crippen LogP contribution in [0.5, 0.6) is 0 Å². The van der Waals surface area contributed by atoms with Crippen molar-refractivity contribution in [2.75, 3.05) is 0 Å². The Morgan fingerprint density at radius 2 is 2.06 bits per heavy atom. The summed E-state index contributed by atoms with van der Waals surface area (Å²) in [5, 5.41) is 0. The lowest BCUT2D eigenvalue weighted by Gasteiger charge is -2.41. The molecule has 100 valence electrons. The van der Waals surface area contributed by atoms with E-state index in [1.165, 1.54) is 32.1 Å². The number of Topliss-reactive ketones (excluding diaryl/α,β-unsaturated/α-hetero) is 1. The Bertz CT molecular complexity index is 245. The van der Waals surface area contributed by atoms with Gasteiger partial charge in [-0.1, -0.05) is 26.2 Å². The highest BCUT2D eigenvalue weighted by molar-refractivity contribution is 5.76. The number of hydrogen-bond donors (Lipinski definition) is 0. The summed E-state index contributed by atoms with van der Waals surface area (Å²) in [6.45, 7) is 8.19. The van der Waals surface area contributed by atoms with Crippen LogP contribution >= 0.6 is 0 Å². The molecule has 0 radical (unpaired) electrons. The molecule has 0 aromatic carbocycles. The van der Waals surface area contributed by atoms with Crippen molar-refractivity contribution in [2.45, 2.75) is 84.3 Å². The van der Waals surface area contributed by atoms with E-state index >= 15 is 0 Å². The van der Waals surface area contributed by atoms with Crippen LogP contribution in [0.2, 0.25) is 0 Å². The Morgan fingerprint density at radius 3 is 2.65 bits per heavy atom. The molecule has 1 saturated heterocycles. The second-order valence-corrected chi connectivity index (χ2v) is 6.12. The molecule has 2 unspecified atom stereocenters. The van der Waals surface area contributed by atoms with E-state index < -0.39 is 0 Å². The lowest BCUT2D eigenvalue weighted by molar-refractivity contribution is -0.147. The molecule has 2 nitrogen and oxygen atoms in total. The van der Waals surface area contributed by atoms with Crippen LogP contribution in [0.25, 0.3) is 0 Å². The molecule has 1 aliphatic heterocycles. The molecule has 0 amide bonds. The molecular weight excluding hydrogens is 212 g/mol. The van der Waals surface area contributed by atoms with E-state index in [0.29, 0.717) is 12.3 Å². The number of ether oxygens (including phenoxy) is 1. The van der Waals surface area contributed by atoms with Crippen molar-refractivity contribution >= 4 is 5.78 Å². The van der Waals surface area contributed by atoms with Gasteiger partial charge in [-0.25, -0.2) is 0 Å². The molecule has 0 spiro atoms. The predicted octanol–water partition coefficient (Wildman–Crippen LogP) is 4.12. The van der Waals surface area contributed by atoms with Crippen LogP contribution in [0, 0.1) is 5.92 Å². The minimum atomic E-state index is -0.0403. The molecule has 0 saturated carbocycles. The SMILES string of the molecule is CCCCCC1CCC(C)(C)OC1CC(C)=O. The van der Waals surface area contributed by atoms with Gasteiger partial charge in [0.15, 0.2) is 0 Å².